The van der Waals surface area contributed by atoms with E-state index in [0.717, 1.165) is 30.5 Å². The molecule has 1 fully saturated rings. The summed E-state index contributed by atoms with van der Waals surface area (Å²) in [4.78, 5) is 27.2. The van der Waals surface area contributed by atoms with Crippen LogP contribution in [0.5, 0.6) is 0 Å². The van der Waals surface area contributed by atoms with Crippen LogP contribution in [0.1, 0.15) is 51.7 Å². The van der Waals surface area contributed by atoms with Crippen LogP contribution in [0.4, 0.5) is 16.2 Å². The molecule has 160 valence electrons. The zero-order valence-electron chi connectivity index (χ0n) is 17.6. The number of carbonyl (C=O) groups excluding carboxylic acids is 2. The Morgan fingerprint density at radius 1 is 1.03 bits per heavy atom. The van der Waals surface area contributed by atoms with Crippen LogP contribution in [0, 0.1) is 6.92 Å². The molecule has 1 aromatic heterocycles. The van der Waals surface area contributed by atoms with Crippen LogP contribution >= 0.6 is 11.3 Å². The molecule has 2 N–H and O–H groups in total. The van der Waals surface area contributed by atoms with Gasteiger partial charge < -0.3 is 15.5 Å². The largest absolute Gasteiger partial charge is 0.322 e. The molecule has 2 heterocycles. The molecule has 1 aliphatic rings. The van der Waals surface area contributed by atoms with Crippen LogP contribution in [0.25, 0.3) is 0 Å². The fourth-order valence-electron chi connectivity index (χ4n) is 3.57. The molecule has 1 aliphatic heterocycles. The molecule has 8 heteroatoms. The smallest absolute Gasteiger partial charge is 0.320 e. The Balaban J connectivity index is 1.42. The van der Waals surface area contributed by atoms with E-state index in [0.29, 0.717) is 17.2 Å². The lowest BCUT2D eigenvalue weighted by molar-refractivity contribution is 0.102. The fraction of sp³-hybridized carbons (Fsp3) is 0.304. The number of aromatic nitrogens is 2. The molecule has 1 unspecified atom stereocenters. The summed E-state index contributed by atoms with van der Waals surface area (Å²) in [5, 5.41) is 15.1. The first-order valence-electron chi connectivity index (χ1n) is 10.4. The number of amides is 3. The molecular formula is C23H25N5O2S. The number of rotatable bonds is 5. The minimum absolute atomic E-state index is 0.160. The van der Waals surface area contributed by atoms with Gasteiger partial charge in [0.05, 0.1) is 6.04 Å². The number of likely N-dealkylation sites (tertiary alicyclic amines) is 1. The molecule has 0 saturated carbocycles. The molecule has 7 nitrogen and oxygen atoms in total. The highest BCUT2D eigenvalue weighted by atomic mass is 32.1. The Labute approximate surface area is 185 Å². The number of hydrogen-bond acceptors (Lipinski definition) is 5. The van der Waals surface area contributed by atoms with Crippen LogP contribution in [0.15, 0.2) is 48.5 Å². The number of hydrogen-bond donors (Lipinski definition) is 2. The predicted molar refractivity (Wildman–Crippen MR) is 123 cm³/mol. The maximum Gasteiger partial charge on any atom is 0.322 e. The Kier molecular flexibility index (Phi) is 6.27. The van der Waals surface area contributed by atoms with E-state index in [-0.39, 0.29) is 23.0 Å². The van der Waals surface area contributed by atoms with Crippen molar-refractivity contribution in [2.75, 3.05) is 17.2 Å². The molecule has 3 amide bonds. The summed E-state index contributed by atoms with van der Waals surface area (Å²) in [6.07, 6.45) is 2.65. The molecular weight excluding hydrogens is 410 g/mol. The Bertz CT molecular complexity index is 1060. The second-order valence-electron chi connectivity index (χ2n) is 7.60. The number of urea groups is 1. The number of carbonyl (C=O) groups is 2. The normalized spacial score (nSPS) is 15.7. The van der Waals surface area contributed by atoms with Crippen molar-refractivity contribution in [1.82, 2.24) is 15.1 Å². The van der Waals surface area contributed by atoms with Gasteiger partial charge in [-0.15, -0.1) is 10.2 Å². The van der Waals surface area contributed by atoms with Crippen molar-refractivity contribution in [2.45, 2.75) is 39.2 Å². The Morgan fingerprint density at radius 3 is 2.42 bits per heavy atom. The van der Waals surface area contributed by atoms with Crippen molar-refractivity contribution in [1.29, 1.82) is 0 Å². The lowest BCUT2D eigenvalue weighted by Gasteiger charge is -2.23. The van der Waals surface area contributed by atoms with Gasteiger partial charge in [0.25, 0.3) is 5.91 Å². The second-order valence-corrected chi connectivity index (χ2v) is 8.61. The lowest BCUT2D eigenvalue weighted by Crippen LogP contribution is -2.34. The van der Waals surface area contributed by atoms with E-state index in [1.54, 1.807) is 4.90 Å². The van der Waals surface area contributed by atoms with Gasteiger partial charge in [-0.1, -0.05) is 48.1 Å². The van der Waals surface area contributed by atoms with Gasteiger partial charge in [-0.2, -0.15) is 0 Å². The summed E-state index contributed by atoms with van der Waals surface area (Å²) in [5.41, 5.74) is 3.83. The minimum Gasteiger partial charge on any atom is -0.320 e. The summed E-state index contributed by atoms with van der Waals surface area (Å²) in [6, 6.07) is 15.1. The number of nitrogens with zero attached hydrogens (tertiary/aromatic N) is 3. The highest BCUT2D eigenvalue weighted by molar-refractivity contribution is 7.13. The molecule has 2 aromatic carbocycles. The molecule has 1 saturated heterocycles. The van der Waals surface area contributed by atoms with Crippen LogP contribution < -0.4 is 10.6 Å². The first-order valence-corrected chi connectivity index (χ1v) is 11.2. The quantitative estimate of drug-likeness (QED) is 0.588. The van der Waals surface area contributed by atoms with E-state index < -0.39 is 0 Å². The van der Waals surface area contributed by atoms with E-state index in [2.05, 4.69) is 27.8 Å². The van der Waals surface area contributed by atoms with Crippen LogP contribution in [0.2, 0.25) is 0 Å². The standard InChI is InChI=1S/C23H25N5O2S/c1-3-16-8-12-18(13-9-16)25-23(30)28-14-4-5-19(28)21-26-27-22(31-21)20(29)24-17-10-6-15(2)7-11-17/h6-13,19H,3-5,14H2,1-2H3,(H,24,29)(H,25,30). The minimum atomic E-state index is -0.294. The third-order valence-corrected chi connectivity index (χ3v) is 6.38. The maximum atomic E-state index is 12.9. The molecule has 0 aliphatic carbocycles. The van der Waals surface area contributed by atoms with Gasteiger partial charge >= 0.3 is 6.03 Å². The SMILES string of the molecule is CCc1ccc(NC(=O)N2CCCC2c2nnc(C(=O)Nc3ccc(C)cc3)s2)cc1. The summed E-state index contributed by atoms with van der Waals surface area (Å²) in [5.74, 6) is -0.294. The molecule has 0 bridgehead atoms. The van der Waals surface area contributed by atoms with E-state index >= 15 is 0 Å². The Morgan fingerprint density at radius 2 is 1.71 bits per heavy atom. The topological polar surface area (TPSA) is 87.2 Å². The number of aryl methyl sites for hydroxylation is 2. The molecule has 0 spiro atoms. The van der Waals surface area contributed by atoms with Crippen LogP contribution in [-0.4, -0.2) is 33.6 Å². The van der Waals surface area contributed by atoms with Crippen LogP contribution in [0.3, 0.4) is 0 Å². The van der Waals surface area contributed by atoms with E-state index in [9.17, 15) is 9.59 Å². The van der Waals surface area contributed by atoms with Crippen LogP contribution in [-0.2, 0) is 6.42 Å². The van der Waals surface area contributed by atoms with Crippen molar-refractivity contribution >= 4 is 34.6 Å². The summed E-state index contributed by atoms with van der Waals surface area (Å²) in [6.45, 7) is 4.74. The summed E-state index contributed by atoms with van der Waals surface area (Å²) >= 11 is 1.24. The van der Waals surface area contributed by atoms with Gasteiger partial charge in [0.2, 0.25) is 5.01 Å². The predicted octanol–water partition coefficient (Wildman–Crippen LogP) is 5.03. The zero-order chi connectivity index (χ0) is 21.8. The first kappa shape index (κ1) is 21.0. The molecule has 31 heavy (non-hydrogen) atoms. The molecule has 3 aromatic rings. The first-order chi connectivity index (χ1) is 15.0. The van der Waals surface area contributed by atoms with Gasteiger partial charge in [-0.25, -0.2) is 4.79 Å². The van der Waals surface area contributed by atoms with Crippen molar-refractivity contribution in [3.63, 3.8) is 0 Å². The molecule has 4 rings (SSSR count). The third-order valence-electron chi connectivity index (χ3n) is 5.36. The van der Waals surface area contributed by atoms with E-state index in [1.807, 2.05) is 55.5 Å². The fourth-order valence-corrected chi connectivity index (χ4v) is 4.45. The van der Waals surface area contributed by atoms with Crippen molar-refractivity contribution < 1.29 is 9.59 Å². The van der Waals surface area contributed by atoms with Crippen molar-refractivity contribution in [3.8, 4) is 0 Å². The highest BCUT2D eigenvalue weighted by Crippen LogP contribution is 2.34. The average molecular weight is 436 g/mol. The van der Waals surface area contributed by atoms with Gasteiger partial charge in [0.1, 0.15) is 5.01 Å². The van der Waals surface area contributed by atoms with Crippen molar-refractivity contribution in [2.24, 2.45) is 0 Å². The van der Waals surface area contributed by atoms with E-state index in [4.69, 9.17) is 0 Å². The summed E-state index contributed by atoms with van der Waals surface area (Å²) < 4.78 is 0. The van der Waals surface area contributed by atoms with Gasteiger partial charge in [-0.3, -0.25) is 4.79 Å². The number of benzene rings is 2. The van der Waals surface area contributed by atoms with E-state index in [1.165, 1.54) is 16.9 Å². The maximum absolute atomic E-state index is 12.9. The van der Waals surface area contributed by atoms with Crippen molar-refractivity contribution in [3.05, 3.63) is 69.7 Å². The highest BCUT2D eigenvalue weighted by Gasteiger charge is 2.33. The van der Waals surface area contributed by atoms with Gasteiger partial charge in [0.15, 0.2) is 0 Å². The molecule has 0 radical (unpaired) electrons. The Hall–Kier alpha value is -3.26. The molecule has 1 atom stereocenters. The number of anilines is 2. The number of nitrogens with one attached hydrogen (secondary N) is 2. The average Bonchev–Trinajstić information content (AvgIpc) is 3.45. The third kappa shape index (κ3) is 4.91. The second kappa shape index (κ2) is 9.26. The zero-order valence-corrected chi connectivity index (χ0v) is 18.4. The lowest BCUT2D eigenvalue weighted by atomic mass is 10.1. The monoisotopic (exact) mass is 435 g/mol. The summed E-state index contributed by atoms with van der Waals surface area (Å²) in [7, 11) is 0. The van der Waals surface area contributed by atoms with Gasteiger partial charge in [0, 0.05) is 17.9 Å². The van der Waals surface area contributed by atoms with Gasteiger partial charge in [-0.05, 0) is 56.0 Å².